The maximum atomic E-state index is 12.4. The summed E-state index contributed by atoms with van der Waals surface area (Å²) in [6.45, 7) is 0.158. The van der Waals surface area contributed by atoms with E-state index < -0.39 is 12.0 Å². The van der Waals surface area contributed by atoms with Gasteiger partial charge in [0.15, 0.2) is 0 Å². The topological polar surface area (TPSA) is 92.5 Å². The van der Waals surface area contributed by atoms with Crippen molar-refractivity contribution in [2.45, 2.75) is 31.8 Å². The molecule has 1 saturated heterocycles. The van der Waals surface area contributed by atoms with Gasteiger partial charge in [0, 0.05) is 11.9 Å². The van der Waals surface area contributed by atoms with E-state index in [4.69, 9.17) is 0 Å². The van der Waals surface area contributed by atoms with Gasteiger partial charge < -0.3 is 10.0 Å². The first kappa shape index (κ1) is 15.2. The minimum atomic E-state index is -1.00. The SMILES string of the molecule is O=C(O)[C@H]1CCCCN1C(=O)Cn1ncc2ccccc2c1=O. The van der Waals surface area contributed by atoms with Crippen LogP contribution in [-0.2, 0) is 16.1 Å². The van der Waals surface area contributed by atoms with Crippen LogP contribution in [0.2, 0.25) is 0 Å². The Morgan fingerprint density at radius 1 is 1.26 bits per heavy atom. The molecule has 1 aliphatic heterocycles. The average Bonchev–Trinajstić information content (AvgIpc) is 2.57. The maximum Gasteiger partial charge on any atom is 0.326 e. The number of carbonyl (C=O) groups is 2. The number of rotatable bonds is 3. The summed E-state index contributed by atoms with van der Waals surface area (Å²) < 4.78 is 1.10. The van der Waals surface area contributed by atoms with Crippen LogP contribution in [0.15, 0.2) is 35.3 Å². The highest BCUT2D eigenvalue weighted by molar-refractivity contribution is 5.84. The molecule has 0 bridgehead atoms. The lowest BCUT2D eigenvalue weighted by Gasteiger charge is -2.32. The minimum Gasteiger partial charge on any atom is -0.480 e. The van der Waals surface area contributed by atoms with Gasteiger partial charge in [0.1, 0.15) is 12.6 Å². The van der Waals surface area contributed by atoms with E-state index in [0.29, 0.717) is 23.7 Å². The van der Waals surface area contributed by atoms with Crippen molar-refractivity contribution in [2.24, 2.45) is 0 Å². The average molecular weight is 315 g/mol. The normalized spacial score (nSPS) is 18.1. The number of aromatic nitrogens is 2. The summed E-state index contributed by atoms with van der Waals surface area (Å²) in [6.07, 6.45) is 3.54. The van der Waals surface area contributed by atoms with Gasteiger partial charge in [-0.15, -0.1) is 0 Å². The predicted molar refractivity (Wildman–Crippen MR) is 83.0 cm³/mol. The number of piperidine rings is 1. The van der Waals surface area contributed by atoms with Crippen molar-refractivity contribution < 1.29 is 14.7 Å². The van der Waals surface area contributed by atoms with Crippen LogP contribution in [-0.4, -0.2) is 44.3 Å². The molecule has 0 radical (unpaired) electrons. The highest BCUT2D eigenvalue weighted by Gasteiger charge is 2.32. The van der Waals surface area contributed by atoms with Crippen LogP contribution >= 0.6 is 0 Å². The molecule has 1 aliphatic rings. The number of amides is 1. The van der Waals surface area contributed by atoms with Gasteiger partial charge in [0.25, 0.3) is 5.56 Å². The first-order valence-electron chi connectivity index (χ1n) is 7.55. The zero-order chi connectivity index (χ0) is 16.4. The molecule has 0 unspecified atom stereocenters. The Morgan fingerprint density at radius 2 is 2.04 bits per heavy atom. The Kier molecular flexibility index (Phi) is 4.10. The third kappa shape index (κ3) is 2.94. The second-order valence-corrected chi connectivity index (χ2v) is 5.63. The molecule has 2 heterocycles. The monoisotopic (exact) mass is 315 g/mol. The van der Waals surface area contributed by atoms with E-state index in [2.05, 4.69) is 5.10 Å². The van der Waals surface area contributed by atoms with E-state index in [-0.39, 0.29) is 18.0 Å². The van der Waals surface area contributed by atoms with Crippen molar-refractivity contribution in [1.82, 2.24) is 14.7 Å². The van der Waals surface area contributed by atoms with Gasteiger partial charge in [0.05, 0.1) is 11.6 Å². The van der Waals surface area contributed by atoms with E-state index in [9.17, 15) is 19.5 Å². The van der Waals surface area contributed by atoms with Gasteiger partial charge in [-0.1, -0.05) is 18.2 Å². The molecule has 2 aromatic rings. The second-order valence-electron chi connectivity index (χ2n) is 5.63. The van der Waals surface area contributed by atoms with Gasteiger partial charge in [-0.3, -0.25) is 9.59 Å². The Labute approximate surface area is 132 Å². The van der Waals surface area contributed by atoms with E-state index >= 15 is 0 Å². The van der Waals surface area contributed by atoms with Crippen LogP contribution in [0.5, 0.6) is 0 Å². The Morgan fingerprint density at radius 3 is 2.83 bits per heavy atom. The third-order valence-electron chi connectivity index (χ3n) is 4.16. The summed E-state index contributed by atoms with van der Waals surface area (Å²) in [5.41, 5.74) is -0.347. The van der Waals surface area contributed by atoms with Crippen molar-refractivity contribution in [3.05, 3.63) is 40.8 Å². The summed E-state index contributed by atoms with van der Waals surface area (Å²) in [6, 6.07) is 6.21. The molecule has 7 heteroatoms. The summed E-state index contributed by atoms with van der Waals surface area (Å²) in [7, 11) is 0. The van der Waals surface area contributed by atoms with E-state index in [1.165, 1.54) is 11.1 Å². The number of hydrogen-bond donors (Lipinski definition) is 1. The van der Waals surface area contributed by atoms with Crippen molar-refractivity contribution in [3.8, 4) is 0 Å². The molecular weight excluding hydrogens is 298 g/mol. The van der Waals surface area contributed by atoms with E-state index in [1.807, 2.05) is 6.07 Å². The van der Waals surface area contributed by atoms with Crippen LogP contribution in [0.4, 0.5) is 0 Å². The van der Waals surface area contributed by atoms with Crippen molar-refractivity contribution in [3.63, 3.8) is 0 Å². The smallest absolute Gasteiger partial charge is 0.326 e. The fraction of sp³-hybridized carbons (Fsp3) is 0.375. The zero-order valence-corrected chi connectivity index (χ0v) is 12.5. The van der Waals surface area contributed by atoms with Crippen molar-refractivity contribution in [1.29, 1.82) is 0 Å². The number of carboxylic acid groups (broad SMARTS) is 1. The van der Waals surface area contributed by atoms with Crippen molar-refractivity contribution >= 4 is 22.6 Å². The number of hydrogen-bond acceptors (Lipinski definition) is 4. The molecule has 1 aromatic carbocycles. The van der Waals surface area contributed by atoms with Crippen LogP contribution in [0.1, 0.15) is 19.3 Å². The first-order valence-corrected chi connectivity index (χ1v) is 7.55. The molecular formula is C16H17N3O4. The van der Waals surface area contributed by atoms with Crippen LogP contribution < -0.4 is 5.56 Å². The van der Waals surface area contributed by atoms with Crippen LogP contribution in [0.25, 0.3) is 10.8 Å². The number of likely N-dealkylation sites (tertiary alicyclic amines) is 1. The quantitative estimate of drug-likeness (QED) is 0.907. The highest BCUT2D eigenvalue weighted by atomic mass is 16.4. The number of nitrogens with zero attached hydrogens (tertiary/aromatic N) is 3. The largest absolute Gasteiger partial charge is 0.480 e. The Bertz CT molecular complexity index is 814. The first-order chi connectivity index (χ1) is 11.1. The van der Waals surface area contributed by atoms with Crippen LogP contribution in [0.3, 0.4) is 0 Å². The molecule has 1 N–H and O–H groups in total. The van der Waals surface area contributed by atoms with Crippen LogP contribution in [0, 0.1) is 0 Å². The predicted octanol–water partition coefficient (Wildman–Crippen LogP) is 0.862. The summed E-state index contributed by atoms with van der Waals surface area (Å²) in [5, 5.41) is 14.5. The molecule has 0 aliphatic carbocycles. The summed E-state index contributed by atoms with van der Waals surface area (Å²) >= 11 is 0. The fourth-order valence-electron chi connectivity index (χ4n) is 2.95. The molecule has 1 amide bonds. The number of aliphatic carboxylic acids is 1. The Hall–Kier alpha value is -2.70. The van der Waals surface area contributed by atoms with Gasteiger partial charge in [0.2, 0.25) is 5.91 Å². The molecule has 0 saturated carbocycles. The number of carbonyl (C=O) groups excluding carboxylic acids is 1. The second kappa shape index (κ2) is 6.20. The third-order valence-corrected chi connectivity index (χ3v) is 4.16. The lowest BCUT2D eigenvalue weighted by Crippen LogP contribution is -2.49. The van der Waals surface area contributed by atoms with Crippen molar-refractivity contribution in [2.75, 3.05) is 6.54 Å². The molecule has 23 heavy (non-hydrogen) atoms. The molecule has 1 fully saturated rings. The standard InChI is InChI=1S/C16H17N3O4/c20-14(18-8-4-3-7-13(18)16(22)23)10-19-15(21)12-6-2-1-5-11(12)9-17-19/h1-2,5-6,9,13H,3-4,7-8,10H2,(H,22,23)/t13-/m1/s1. The maximum absolute atomic E-state index is 12.4. The van der Waals surface area contributed by atoms with Gasteiger partial charge in [-0.05, 0) is 25.3 Å². The molecule has 1 aromatic heterocycles. The molecule has 0 spiro atoms. The minimum absolute atomic E-state index is 0.243. The van der Waals surface area contributed by atoms with Gasteiger partial charge >= 0.3 is 5.97 Å². The lowest BCUT2D eigenvalue weighted by molar-refractivity contribution is -0.152. The number of benzene rings is 1. The molecule has 3 rings (SSSR count). The zero-order valence-electron chi connectivity index (χ0n) is 12.5. The number of fused-ring (bicyclic) bond motifs is 1. The molecule has 120 valence electrons. The van der Waals surface area contributed by atoms with E-state index in [1.54, 1.807) is 18.2 Å². The summed E-state index contributed by atoms with van der Waals surface area (Å²) in [4.78, 5) is 37.4. The van der Waals surface area contributed by atoms with Gasteiger partial charge in [-0.2, -0.15) is 5.10 Å². The number of carboxylic acids is 1. The highest BCUT2D eigenvalue weighted by Crippen LogP contribution is 2.17. The summed E-state index contributed by atoms with van der Waals surface area (Å²) in [5.74, 6) is -1.39. The Balaban J connectivity index is 1.86. The fourth-order valence-corrected chi connectivity index (χ4v) is 2.95. The molecule has 7 nitrogen and oxygen atoms in total. The molecule has 1 atom stereocenters. The lowest BCUT2D eigenvalue weighted by atomic mass is 10.0. The van der Waals surface area contributed by atoms with E-state index in [0.717, 1.165) is 17.5 Å². The van der Waals surface area contributed by atoms with Gasteiger partial charge in [-0.25, -0.2) is 9.48 Å².